The molecule has 2 heterocycles. The van der Waals surface area contributed by atoms with Gasteiger partial charge in [-0.05, 0) is 32.0 Å². The van der Waals surface area contributed by atoms with E-state index in [-0.39, 0.29) is 17.1 Å². The predicted octanol–water partition coefficient (Wildman–Crippen LogP) is 3.51. The van der Waals surface area contributed by atoms with Gasteiger partial charge < -0.3 is 4.57 Å². The first-order valence-electron chi connectivity index (χ1n) is 8.33. The summed E-state index contributed by atoms with van der Waals surface area (Å²) in [6, 6.07) is 9.16. The zero-order valence-corrected chi connectivity index (χ0v) is 16.0. The van der Waals surface area contributed by atoms with E-state index in [0.29, 0.717) is 28.2 Å². The lowest BCUT2D eigenvalue weighted by Gasteiger charge is -2.09. The molecule has 0 spiro atoms. The second-order valence-corrected chi connectivity index (χ2v) is 7.11. The molecule has 134 valence electrons. The van der Waals surface area contributed by atoms with Crippen molar-refractivity contribution < 1.29 is 4.79 Å². The van der Waals surface area contributed by atoms with Gasteiger partial charge in [-0.3, -0.25) is 14.2 Å². The van der Waals surface area contributed by atoms with Crippen LogP contribution in [0.15, 0.2) is 52.9 Å². The molecule has 0 N–H and O–H groups in total. The Kier molecular flexibility index (Phi) is 5.13. The van der Waals surface area contributed by atoms with Gasteiger partial charge in [0.2, 0.25) is 0 Å². The minimum Gasteiger partial charge on any atom is -0.345 e. The van der Waals surface area contributed by atoms with Gasteiger partial charge in [-0.15, -0.1) is 6.58 Å². The molecular weight excluding hydrogens is 346 g/mol. The van der Waals surface area contributed by atoms with Gasteiger partial charge in [0.05, 0.1) is 16.7 Å². The Morgan fingerprint density at radius 3 is 2.77 bits per heavy atom. The standard InChI is InChI=1S/C20H21N3O2S/c1-5-10-23-13(2)11-16(14(23)3)18(24)12-26-20-21-17-9-7-6-8-15(17)19(25)22(20)4/h5-9,11H,1,10,12H2,2-4H3. The Bertz CT molecular complexity index is 1060. The number of allylic oxidation sites excluding steroid dienone is 1. The van der Waals surface area contributed by atoms with E-state index >= 15 is 0 Å². The van der Waals surface area contributed by atoms with Crippen LogP contribution >= 0.6 is 11.8 Å². The van der Waals surface area contributed by atoms with Crippen molar-refractivity contribution in [2.45, 2.75) is 25.5 Å². The first-order valence-corrected chi connectivity index (χ1v) is 9.32. The van der Waals surface area contributed by atoms with Gasteiger partial charge >= 0.3 is 0 Å². The zero-order valence-electron chi connectivity index (χ0n) is 15.2. The zero-order chi connectivity index (χ0) is 18.8. The minimum absolute atomic E-state index is 0.0285. The highest BCUT2D eigenvalue weighted by atomic mass is 32.2. The number of thioether (sulfide) groups is 1. The maximum absolute atomic E-state index is 12.7. The number of carbonyl (C=O) groups is 1. The molecule has 5 nitrogen and oxygen atoms in total. The van der Waals surface area contributed by atoms with Gasteiger partial charge in [0.15, 0.2) is 10.9 Å². The molecule has 0 radical (unpaired) electrons. The Hall–Kier alpha value is -2.60. The van der Waals surface area contributed by atoms with Gasteiger partial charge in [0.1, 0.15) is 0 Å². The largest absolute Gasteiger partial charge is 0.345 e. The molecule has 3 rings (SSSR count). The molecule has 0 bridgehead atoms. The normalized spacial score (nSPS) is 11.0. The fourth-order valence-corrected chi connectivity index (χ4v) is 3.88. The third-order valence-corrected chi connectivity index (χ3v) is 5.49. The van der Waals surface area contributed by atoms with Gasteiger partial charge in [0.25, 0.3) is 5.56 Å². The third kappa shape index (κ3) is 3.24. The molecule has 0 saturated heterocycles. The minimum atomic E-state index is -0.102. The van der Waals surface area contributed by atoms with Crippen LogP contribution < -0.4 is 5.56 Å². The number of aromatic nitrogens is 3. The number of aryl methyl sites for hydroxylation is 1. The van der Waals surface area contributed by atoms with E-state index in [9.17, 15) is 9.59 Å². The molecule has 1 aromatic carbocycles. The fourth-order valence-electron chi connectivity index (χ4n) is 3.03. The van der Waals surface area contributed by atoms with E-state index < -0.39 is 0 Å². The second kappa shape index (κ2) is 7.33. The van der Waals surface area contributed by atoms with Gasteiger partial charge in [-0.25, -0.2) is 4.98 Å². The van der Waals surface area contributed by atoms with Crippen molar-refractivity contribution in [2.75, 3.05) is 5.75 Å². The molecule has 2 aromatic heterocycles. The molecule has 3 aromatic rings. The molecule has 0 aliphatic heterocycles. The molecule has 0 aliphatic carbocycles. The average molecular weight is 367 g/mol. The quantitative estimate of drug-likeness (QED) is 0.290. The van der Waals surface area contributed by atoms with Crippen LogP contribution in [0.2, 0.25) is 0 Å². The van der Waals surface area contributed by atoms with Crippen molar-refractivity contribution >= 4 is 28.4 Å². The Morgan fingerprint density at radius 2 is 2.04 bits per heavy atom. The highest BCUT2D eigenvalue weighted by Gasteiger charge is 2.17. The van der Waals surface area contributed by atoms with E-state index in [4.69, 9.17) is 0 Å². The monoisotopic (exact) mass is 367 g/mol. The number of carbonyl (C=O) groups excluding carboxylic acids is 1. The number of fused-ring (bicyclic) bond motifs is 1. The number of para-hydroxylation sites is 1. The van der Waals surface area contributed by atoms with E-state index in [0.717, 1.165) is 11.4 Å². The average Bonchev–Trinajstić information content (AvgIpc) is 2.92. The lowest BCUT2D eigenvalue weighted by Crippen LogP contribution is -2.20. The van der Waals surface area contributed by atoms with Crippen LogP contribution in [0.25, 0.3) is 10.9 Å². The smallest absolute Gasteiger partial charge is 0.261 e. The molecule has 0 saturated carbocycles. The summed E-state index contributed by atoms with van der Waals surface area (Å²) in [4.78, 5) is 29.7. The van der Waals surface area contributed by atoms with Crippen LogP contribution in [-0.4, -0.2) is 25.7 Å². The number of rotatable bonds is 6. The van der Waals surface area contributed by atoms with Crippen LogP contribution in [0.4, 0.5) is 0 Å². The molecule has 0 aliphatic rings. The van der Waals surface area contributed by atoms with Crippen LogP contribution in [0.5, 0.6) is 0 Å². The second-order valence-electron chi connectivity index (χ2n) is 6.17. The predicted molar refractivity (Wildman–Crippen MR) is 106 cm³/mol. The Balaban J connectivity index is 1.86. The van der Waals surface area contributed by atoms with E-state index in [1.807, 2.05) is 44.2 Å². The fraction of sp³-hybridized carbons (Fsp3) is 0.250. The number of Topliss-reactive ketones (excluding diaryl/α,β-unsaturated/α-hetero) is 1. The molecule has 0 amide bonds. The van der Waals surface area contributed by atoms with E-state index in [2.05, 4.69) is 16.1 Å². The molecule has 6 heteroatoms. The summed E-state index contributed by atoms with van der Waals surface area (Å²) in [5.74, 6) is 0.262. The maximum atomic E-state index is 12.7. The van der Waals surface area contributed by atoms with Gasteiger partial charge in [0, 0.05) is 30.5 Å². The van der Waals surface area contributed by atoms with Crippen molar-refractivity contribution in [1.29, 1.82) is 0 Å². The van der Waals surface area contributed by atoms with Crippen LogP contribution in [0.1, 0.15) is 21.7 Å². The van der Waals surface area contributed by atoms with Crippen molar-refractivity contribution in [3.05, 3.63) is 70.3 Å². The summed E-state index contributed by atoms with van der Waals surface area (Å²) >= 11 is 1.29. The lowest BCUT2D eigenvalue weighted by atomic mass is 10.2. The Morgan fingerprint density at radius 1 is 1.31 bits per heavy atom. The third-order valence-electron chi connectivity index (χ3n) is 4.46. The number of nitrogens with zero attached hydrogens (tertiary/aromatic N) is 3. The molecule has 26 heavy (non-hydrogen) atoms. The maximum Gasteiger partial charge on any atom is 0.261 e. The van der Waals surface area contributed by atoms with Crippen molar-refractivity contribution in [3.63, 3.8) is 0 Å². The number of hydrogen-bond donors (Lipinski definition) is 0. The first-order chi connectivity index (χ1) is 12.4. The van der Waals surface area contributed by atoms with Gasteiger partial charge in [-0.2, -0.15) is 0 Å². The van der Waals surface area contributed by atoms with Crippen molar-refractivity contribution in [1.82, 2.24) is 14.1 Å². The molecule has 0 unspecified atom stereocenters. The summed E-state index contributed by atoms with van der Waals surface area (Å²) in [7, 11) is 1.69. The summed E-state index contributed by atoms with van der Waals surface area (Å²) in [5.41, 5.74) is 3.23. The summed E-state index contributed by atoms with van der Waals surface area (Å²) in [6.07, 6.45) is 1.82. The van der Waals surface area contributed by atoms with E-state index in [1.54, 1.807) is 13.1 Å². The molecule has 0 atom stereocenters. The first kappa shape index (κ1) is 18.2. The molecule has 0 fully saturated rings. The number of ketones is 1. The van der Waals surface area contributed by atoms with E-state index in [1.165, 1.54) is 16.3 Å². The SMILES string of the molecule is C=CCn1c(C)cc(C(=O)CSc2nc3ccccc3c(=O)n2C)c1C. The summed E-state index contributed by atoms with van der Waals surface area (Å²) in [6.45, 7) is 8.36. The summed E-state index contributed by atoms with van der Waals surface area (Å²) in [5, 5.41) is 1.13. The van der Waals surface area contributed by atoms with Crippen LogP contribution in [-0.2, 0) is 13.6 Å². The van der Waals surface area contributed by atoms with Gasteiger partial charge in [-0.1, -0.05) is 30.0 Å². The van der Waals surface area contributed by atoms with Crippen molar-refractivity contribution in [3.8, 4) is 0 Å². The topological polar surface area (TPSA) is 56.9 Å². The summed E-state index contributed by atoms with van der Waals surface area (Å²) < 4.78 is 3.57. The number of benzene rings is 1. The Labute approximate surface area is 156 Å². The van der Waals surface area contributed by atoms with Crippen LogP contribution in [0, 0.1) is 13.8 Å². The highest BCUT2D eigenvalue weighted by molar-refractivity contribution is 7.99. The van der Waals surface area contributed by atoms with Crippen molar-refractivity contribution in [2.24, 2.45) is 7.05 Å². The lowest BCUT2D eigenvalue weighted by molar-refractivity contribution is 0.102. The molecular formula is C20H21N3O2S. The highest BCUT2D eigenvalue weighted by Crippen LogP contribution is 2.21. The number of hydrogen-bond acceptors (Lipinski definition) is 4. The van der Waals surface area contributed by atoms with Crippen LogP contribution in [0.3, 0.4) is 0 Å².